The van der Waals surface area contributed by atoms with Crippen LogP contribution in [0.15, 0.2) is 28.9 Å². The van der Waals surface area contributed by atoms with Crippen molar-refractivity contribution in [3.05, 3.63) is 30.3 Å². The number of fused-ring (bicyclic) bond motifs is 1. The van der Waals surface area contributed by atoms with Crippen LogP contribution in [0.2, 0.25) is 0 Å². The Labute approximate surface area is 178 Å². The van der Waals surface area contributed by atoms with Crippen LogP contribution in [-0.2, 0) is 6.54 Å². The fourth-order valence-electron chi connectivity index (χ4n) is 5.33. The molecule has 3 aromatic rings. The van der Waals surface area contributed by atoms with E-state index < -0.39 is 0 Å². The van der Waals surface area contributed by atoms with Crippen LogP contribution in [0.25, 0.3) is 22.3 Å². The Morgan fingerprint density at radius 1 is 1.10 bits per heavy atom. The lowest BCUT2D eigenvalue weighted by molar-refractivity contribution is 0.150. The predicted octanol–water partition coefficient (Wildman–Crippen LogP) is 5.44. The number of hydrogen-bond acceptors (Lipinski definition) is 5. The topological polar surface area (TPSA) is 56.3 Å². The number of piperidine rings is 1. The molecule has 1 atom stereocenters. The minimum absolute atomic E-state index is 0.227. The van der Waals surface area contributed by atoms with E-state index in [2.05, 4.69) is 33.9 Å². The number of hydrogen-bond donors (Lipinski definition) is 0. The molecule has 0 spiro atoms. The average Bonchev–Trinajstić information content (AvgIpc) is 3.40. The van der Waals surface area contributed by atoms with Gasteiger partial charge in [0.2, 0.25) is 11.7 Å². The van der Waals surface area contributed by atoms with Gasteiger partial charge in [-0.25, -0.2) is 0 Å². The highest BCUT2D eigenvalue weighted by Gasteiger charge is 2.27. The smallest absolute Gasteiger partial charge is 0.244 e. The average molecular weight is 409 g/mol. The monoisotopic (exact) mass is 408 g/mol. The second-order valence-electron chi connectivity index (χ2n) is 9.00. The van der Waals surface area contributed by atoms with E-state index in [1.807, 2.05) is 12.1 Å². The quantitative estimate of drug-likeness (QED) is 0.563. The van der Waals surface area contributed by atoms with Gasteiger partial charge in [0.15, 0.2) is 0 Å². The van der Waals surface area contributed by atoms with Crippen LogP contribution in [0.1, 0.15) is 63.3 Å². The number of benzene rings is 1. The maximum absolute atomic E-state index is 5.75. The van der Waals surface area contributed by atoms with Crippen molar-refractivity contribution in [3.8, 4) is 17.1 Å². The van der Waals surface area contributed by atoms with E-state index in [9.17, 15) is 0 Å². The maximum atomic E-state index is 5.75. The molecule has 0 N–H and O–H groups in total. The van der Waals surface area contributed by atoms with Gasteiger partial charge in [-0.05, 0) is 51.3 Å². The molecule has 5 rings (SSSR count). The van der Waals surface area contributed by atoms with Gasteiger partial charge in [-0.15, -0.1) is 0 Å². The molecular formula is C24H32N4O2. The molecule has 2 fully saturated rings. The van der Waals surface area contributed by atoms with Crippen molar-refractivity contribution >= 4 is 10.9 Å². The van der Waals surface area contributed by atoms with Crippen molar-refractivity contribution < 1.29 is 9.26 Å². The zero-order chi connectivity index (χ0) is 20.5. The van der Waals surface area contributed by atoms with Crippen LogP contribution < -0.4 is 4.74 Å². The summed E-state index contributed by atoms with van der Waals surface area (Å²) in [5.41, 5.74) is 2.18. The number of para-hydroxylation sites is 1. The first kappa shape index (κ1) is 19.6. The molecule has 0 amide bonds. The van der Waals surface area contributed by atoms with Gasteiger partial charge in [0, 0.05) is 23.7 Å². The number of aromatic nitrogens is 3. The molecule has 1 saturated carbocycles. The third-order valence-corrected chi connectivity index (χ3v) is 7.00. The molecule has 2 aromatic heterocycles. The van der Waals surface area contributed by atoms with Gasteiger partial charge in [-0.1, -0.05) is 43.0 Å². The van der Waals surface area contributed by atoms with Crippen LogP contribution in [0.5, 0.6) is 5.75 Å². The molecule has 1 aliphatic heterocycles. The van der Waals surface area contributed by atoms with E-state index in [0.717, 1.165) is 53.5 Å². The summed E-state index contributed by atoms with van der Waals surface area (Å²) in [4.78, 5) is 7.18. The van der Waals surface area contributed by atoms with E-state index in [1.165, 1.54) is 44.9 Å². The first-order valence-corrected chi connectivity index (χ1v) is 11.4. The third-order valence-electron chi connectivity index (χ3n) is 7.00. The zero-order valence-corrected chi connectivity index (χ0v) is 18.1. The van der Waals surface area contributed by atoms with Gasteiger partial charge >= 0.3 is 0 Å². The molecule has 0 radical (unpaired) electrons. The van der Waals surface area contributed by atoms with Crippen molar-refractivity contribution in [2.45, 2.75) is 64.0 Å². The van der Waals surface area contributed by atoms with Gasteiger partial charge in [0.05, 0.1) is 18.7 Å². The molecule has 160 valence electrons. The maximum Gasteiger partial charge on any atom is 0.244 e. The Morgan fingerprint density at radius 3 is 2.73 bits per heavy atom. The molecule has 2 aliphatic rings. The molecule has 1 aromatic carbocycles. The fraction of sp³-hybridized carbons (Fsp3) is 0.583. The van der Waals surface area contributed by atoms with Gasteiger partial charge in [-0.3, -0.25) is 4.90 Å². The van der Waals surface area contributed by atoms with Crippen molar-refractivity contribution in [1.82, 2.24) is 19.6 Å². The lowest BCUT2D eigenvalue weighted by atomic mass is 9.89. The first-order valence-electron chi connectivity index (χ1n) is 11.4. The number of methoxy groups -OCH3 is 1. The lowest BCUT2D eigenvalue weighted by Gasteiger charge is -2.29. The molecular weight excluding hydrogens is 376 g/mol. The standard InChI is InChI=1S/C24H32N4O2/c1-27-14-7-6-12-20(27)24-25-23(26-30-24)19-16-28(15-17-9-4-3-5-10-17)22-18(19)11-8-13-21(22)29-2/h8,11,13,16-17,20H,3-7,9-10,12,14-15H2,1-2H3. The van der Waals surface area contributed by atoms with Crippen molar-refractivity contribution in [1.29, 1.82) is 0 Å². The summed E-state index contributed by atoms with van der Waals surface area (Å²) in [5, 5.41) is 5.53. The fourth-order valence-corrected chi connectivity index (χ4v) is 5.33. The van der Waals surface area contributed by atoms with Crippen LogP contribution in [0.3, 0.4) is 0 Å². The van der Waals surface area contributed by atoms with Gasteiger partial charge in [0.25, 0.3) is 0 Å². The van der Waals surface area contributed by atoms with Crippen LogP contribution >= 0.6 is 0 Å². The Hall–Kier alpha value is -2.34. The van der Waals surface area contributed by atoms with E-state index in [4.69, 9.17) is 14.2 Å². The molecule has 6 nitrogen and oxygen atoms in total. The lowest BCUT2D eigenvalue weighted by Crippen LogP contribution is -2.29. The summed E-state index contributed by atoms with van der Waals surface area (Å²) >= 11 is 0. The second kappa shape index (κ2) is 8.42. The predicted molar refractivity (Wildman–Crippen MR) is 118 cm³/mol. The number of likely N-dealkylation sites (tertiary alicyclic amines) is 1. The van der Waals surface area contributed by atoms with Crippen molar-refractivity contribution in [2.75, 3.05) is 20.7 Å². The molecule has 30 heavy (non-hydrogen) atoms. The molecule has 6 heteroatoms. The van der Waals surface area contributed by atoms with Gasteiger partial charge in [-0.2, -0.15) is 4.98 Å². The Morgan fingerprint density at radius 2 is 1.93 bits per heavy atom. The largest absolute Gasteiger partial charge is 0.495 e. The molecule has 0 bridgehead atoms. The van der Waals surface area contributed by atoms with Crippen molar-refractivity contribution in [2.24, 2.45) is 5.92 Å². The SMILES string of the molecule is COc1cccc2c(-c3noc(C4CCCCN4C)n3)cn(CC3CCCCC3)c12. The first-order chi connectivity index (χ1) is 14.7. The summed E-state index contributed by atoms with van der Waals surface area (Å²) < 4.78 is 13.8. The summed E-state index contributed by atoms with van der Waals surface area (Å²) in [6.07, 6.45) is 12.4. The Balaban J connectivity index is 1.53. The normalized spacial score (nSPS) is 21.3. The van der Waals surface area contributed by atoms with E-state index in [0.29, 0.717) is 5.82 Å². The van der Waals surface area contributed by atoms with Crippen LogP contribution in [-0.4, -0.2) is 40.3 Å². The van der Waals surface area contributed by atoms with E-state index in [1.54, 1.807) is 7.11 Å². The second-order valence-corrected chi connectivity index (χ2v) is 9.00. The Kier molecular flexibility index (Phi) is 5.50. The van der Waals surface area contributed by atoms with E-state index >= 15 is 0 Å². The van der Waals surface area contributed by atoms with Crippen molar-refractivity contribution in [3.63, 3.8) is 0 Å². The minimum Gasteiger partial charge on any atom is -0.495 e. The third kappa shape index (κ3) is 3.62. The van der Waals surface area contributed by atoms with Crippen LogP contribution in [0, 0.1) is 5.92 Å². The molecule has 1 unspecified atom stereocenters. The Bertz CT molecular complexity index is 1000. The van der Waals surface area contributed by atoms with Gasteiger partial charge < -0.3 is 13.8 Å². The van der Waals surface area contributed by atoms with Gasteiger partial charge in [0.1, 0.15) is 5.75 Å². The van der Waals surface area contributed by atoms with E-state index in [-0.39, 0.29) is 6.04 Å². The zero-order valence-electron chi connectivity index (χ0n) is 18.1. The number of rotatable bonds is 5. The molecule has 3 heterocycles. The summed E-state index contributed by atoms with van der Waals surface area (Å²) in [5.74, 6) is 3.06. The molecule has 1 saturated heterocycles. The molecule has 1 aliphatic carbocycles. The summed E-state index contributed by atoms with van der Waals surface area (Å²) in [6, 6.07) is 6.46. The summed E-state index contributed by atoms with van der Waals surface area (Å²) in [6.45, 7) is 2.10. The highest BCUT2D eigenvalue weighted by molar-refractivity contribution is 5.97. The summed E-state index contributed by atoms with van der Waals surface area (Å²) in [7, 11) is 3.90. The minimum atomic E-state index is 0.227. The number of ether oxygens (including phenoxy) is 1. The highest BCUT2D eigenvalue weighted by atomic mass is 16.5. The van der Waals surface area contributed by atoms with Crippen LogP contribution in [0.4, 0.5) is 0 Å². The number of nitrogens with zero attached hydrogens (tertiary/aromatic N) is 4. The highest BCUT2D eigenvalue weighted by Crippen LogP contribution is 2.37.